The summed E-state index contributed by atoms with van der Waals surface area (Å²) in [4.78, 5) is 0. The first-order chi connectivity index (χ1) is 5.86. The molecule has 0 aliphatic heterocycles. The Labute approximate surface area is 74.7 Å². The van der Waals surface area contributed by atoms with Crippen molar-refractivity contribution in [3.63, 3.8) is 0 Å². The molecule has 0 heterocycles. The summed E-state index contributed by atoms with van der Waals surface area (Å²) in [5.41, 5.74) is 0. The summed E-state index contributed by atoms with van der Waals surface area (Å²) in [6, 6.07) is 0. The van der Waals surface area contributed by atoms with E-state index in [1.165, 1.54) is 32.1 Å². The van der Waals surface area contributed by atoms with Crippen LogP contribution in [-0.4, -0.2) is 0 Å². The van der Waals surface area contributed by atoms with E-state index in [9.17, 15) is 0 Å². The van der Waals surface area contributed by atoms with Gasteiger partial charge in [0.05, 0.1) is 0 Å². The fraction of sp³-hybridized carbons (Fsp3) is 0.833. The summed E-state index contributed by atoms with van der Waals surface area (Å²) < 4.78 is 0. The van der Waals surface area contributed by atoms with Crippen LogP contribution in [0.5, 0.6) is 0 Å². The van der Waals surface area contributed by atoms with Crippen LogP contribution >= 0.6 is 0 Å². The van der Waals surface area contributed by atoms with Crippen LogP contribution in [0.2, 0.25) is 0 Å². The van der Waals surface area contributed by atoms with Gasteiger partial charge in [-0.25, -0.2) is 0 Å². The fourth-order valence-electron chi connectivity index (χ4n) is 4.16. The number of hydrogen-bond acceptors (Lipinski definition) is 0. The smallest absolute Gasteiger partial charge is 0.0269 e. The van der Waals surface area contributed by atoms with Crippen molar-refractivity contribution in [3.8, 4) is 5.92 Å². The van der Waals surface area contributed by atoms with Crippen LogP contribution in [0.15, 0.2) is 0 Å². The zero-order valence-electron chi connectivity index (χ0n) is 7.42. The number of rotatable bonds is 0. The summed E-state index contributed by atoms with van der Waals surface area (Å²) in [6.07, 6.45) is 14.5. The highest BCUT2D eigenvalue weighted by molar-refractivity contribution is 5.06. The predicted octanol–water partition coefficient (Wildman–Crippen LogP) is 2.65. The molecule has 4 aliphatic rings. The lowest BCUT2D eigenvalue weighted by Crippen LogP contribution is -2.44. The maximum Gasteiger partial charge on any atom is 0.0269 e. The van der Waals surface area contributed by atoms with Gasteiger partial charge in [-0.15, -0.1) is 0 Å². The first-order valence-corrected chi connectivity index (χ1v) is 5.29. The Bertz CT molecular complexity index is 205. The van der Waals surface area contributed by atoms with Gasteiger partial charge in [-0.2, -0.15) is 0 Å². The molecule has 0 unspecified atom stereocenters. The second-order valence-electron chi connectivity index (χ2n) is 5.10. The molecular weight excluding hydrogens is 144 g/mol. The first kappa shape index (κ1) is 7.01. The summed E-state index contributed by atoms with van der Waals surface area (Å²) >= 11 is 0. The molecular formula is C12H15. The van der Waals surface area contributed by atoms with Crippen LogP contribution < -0.4 is 0 Å². The second kappa shape index (κ2) is 2.28. The molecule has 4 fully saturated rings. The Balaban J connectivity index is 1.91. The molecule has 0 amide bonds. The van der Waals surface area contributed by atoms with Crippen molar-refractivity contribution in [3.05, 3.63) is 6.42 Å². The average Bonchev–Trinajstić information content (AvgIpc) is 2.02. The standard InChI is InChI=1S/C12H15/c1-2-12-10-4-8-3-9(6-10)7-11(12)5-8/h8-12H,3-7H2. The maximum atomic E-state index is 7.33. The van der Waals surface area contributed by atoms with Crippen LogP contribution in [0.25, 0.3) is 0 Å². The molecule has 0 heteroatoms. The van der Waals surface area contributed by atoms with Gasteiger partial charge < -0.3 is 0 Å². The highest BCUT2D eigenvalue weighted by Gasteiger charge is 2.47. The molecule has 4 aliphatic carbocycles. The molecule has 4 bridgehead atoms. The molecule has 12 heavy (non-hydrogen) atoms. The molecule has 0 aromatic heterocycles. The van der Waals surface area contributed by atoms with Gasteiger partial charge in [0, 0.05) is 5.92 Å². The molecule has 0 nitrogen and oxygen atoms in total. The monoisotopic (exact) mass is 159 g/mol. The molecule has 0 atom stereocenters. The van der Waals surface area contributed by atoms with E-state index in [0.717, 1.165) is 23.7 Å². The van der Waals surface area contributed by atoms with E-state index in [1.54, 1.807) is 0 Å². The topological polar surface area (TPSA) is 0 Å². The minimum atomic E-state index is 0.554. The van der Waals surface area contributed by atoms with Crippen LogP contribution in [-0.2, 0) is 0 Å². The SMILES string of the molecule is [C]#CC1C2CC3CC(C2)CC1C3. The van der Waals surface area contributed by atoms with Gasteiger partial charge in [0.25, 0.3) is 0 Å². The van der Waals surface area contributed by atoms with Crippen molar-refractivity contribution in [1.82, 2.24) is 0 Å². The highest BCUT2D eigenvalue weighted by atomic mass is 14.5. The van der Waals surface area contributed by atoms with Gasteiger partial charge in [0.15, 0.2) is 0 Å². The van der Waals surface area contributed by atoms with Gasteiger partial charge in [-0.3, -0.25) is 0 Å². The fourth-order valence-corrected chi connectivity index (χ4v) is 4.16. The van der Waals surface area contributed by atoms with Crippen LogP contribution in [0.3, 0.4) is 0 Å². The van der Waals surface area contributed by atoms with Crippen LogP contribution in [0.1, 0.15) is 32.1 Å². The molecule has 1 radical (unpaired) electrons. The Morgan fingerprint density at radius 2 is 1.33 bits per heavy atom. The van der Waals surface area contributed by atoms with Gasteiger partial charge >= 0.3 is 0 Å². The lowest BCUT2D eigenvalue weighted by Gasteiger charge is -2.52. The maximum absolute atomic E-state index is 7.33. The zero-order valence-corrected chi connectivity index (χ0v) is 7.42. The van der Waals surface area contributed by atoms with Crippen LogP contribution in [0.4, 0.5) is 0 Å². The van der Waals surface area contributed by atoms with Crippen molar-refractivity contribution in [2.24, 2.45) is 29.6 Å². The first-order valence-electron chi connectivity index (χ1n) is 5.29. The predicted molar refractivity (Wildman–Crippen MR) is 47.7 cm³/mol. The quantitative estimate of drug-likeness (QED) is 0.477. The third-order valence-corrected chi connectivity index (χ3v) is 4.39. The van der Waals surface area contributed by atoms with Crippen molar-refractivity contribution >= 4 is 0 Å². The van der Waals surface area contributed by atoms with E-state index in [4.69, 9.17) is 6.42 Å². The molecule has 63 valence electrons. The Hall–Kier alpha value is -0.440. The van der Waals surface area contributed by atoms with Gasteiger partial charge in [0.1, 0.15) is 0 Å². The summed E-state index contributed by atoms with van der Waals surface area (Å²) in [5.74, 6) is 7.15. The molecule has 0 spiro atoms. The Kier molecular flexibility index (Phi) is 1.33. The molecule has 0 N–H and O–H groups in total. The van der Waals surface area contributed by atoms with Crippen LogP contribution in [0, 0.1) is 41.9 Å². The van der Waals surface area contributed by atoms with E-state index in [2.05, 4.69) is 5.92 Å². The normalized spacial score (nSPS) is 55.4. The molecule has 0 saturated heterocycles. The lowest BCUT2D eigenvalue weighted by atomic mass is 9.52. The second-order valence-corrected chi connectivity index (χ2v) is 5.10. The van der Waals surface area contributed by atoms with E-state index < -0.39 is 0 Å². The van der Waals surface area contributed by atoms with Crippen molar-refractivity contribution in [2.75, 3.05) is 0 Å². The van der Waals surface area contributed by atoms with E-state index in [-0.39, 0.29) is 0 Å². The number of hydrogen-bond donors (Lipinski definition) is 0. The Morgan fingerprint density at radius 3 is 1.75 bits per heavy atom. The highest BCUT2D eigenvalue weighted by Crippen LogP contribution is 2.56. The van der Waals surface area contributed by atoms with E-state index in [1.807, 2.05) is 0 Å². The minimum absolute atomic E-state index is 0.554. The molecule has 0 aromatic rings. The van der Waals surface area contributed by atoms with Crippen molar-refractivity contribution in [2.45, 2.75) is 32.1 Å². The third kappa shape index (κ3) is 0.802. The third-order valence-electron chi connectivity index (χ3n) is 4.39. The zero-order chi connectivity index (χ0) is 8.13. The van der Waals surface area contributed by atoms with Crippen molar-refractivity contribution < 1.29 is 0 Å². The minimum Gasteiger partial charge on any atom is -0.0851 e. The molecule has 4 rings (SSSR count). The largest absolute Gasteiger partial charge is 0.0851 e. The van der Waals surface area contributed by atoms with E-state index >= 15 is 0 Å². The summed E-state index contributed by atoms with van der Waals surface area (Å²) in [5, 5.41) is 0. The van der Waals surface area contributed by atoms with Gasteiger partial charge in [-0.1, -0.05) is 5.92 Å². The van der Waals surface area contributed by atoms with E-state index in [0.29, 0.717) is 5.92 Å². The lowest BCUT2D eigenvalue weighted by molar-refractivity contribution is -0.0123. The molecule has 4 saturated carbocycles. The average molecular weight is 159 g/mol. The molecule has 0 aromatic carbocycles. The van der Waals surface area contributed by atoms with Gasteiger partial charge in [0.2, 0.25) is 0 Å². The summed E-state index contributed by atoms with van der Waals surface area (Å²) in [6.45, 7) is 0. The van der Waals surface area contributed by atoms with Gasteiger partial charge in [-0.05, 0) is 62.2 Å². The summed E-state index contributed by atoms with van der Waals surface area (Å²) in [7, 11) is 0. The Morgan fingerprint density at radius 1 is 0.833 bits per heavy atom. The van der Waals surface area contributed by atoms with Crippen molar-refractivity contribution in [1.29, 1.82) is 0 Å².